The number of esters is 1. The third-order valence-corrected chi connectivity index (χ3v) is 2.58. The van der Waals surface area contributed by atoms with Crippen LogP contribution in [0.2, 0.25) is 0 Å². The SMILES string of the molecule is CCCN(CC(=O)OC)Cc1cccc(C#N)c1. The van der Waals surface area contributed by atoms with Gasteiger partial charge in [-0.15, -0.1) is 0 Å². The van der Waals surface area contributed by atoms with E-state index in [2.05, 4.69) is 17.7 Å². The van der Waals surface area contributed by atoms with E-state index in [9.17, 15) is 4.79 Å². The first kappa shape index (κ1) is 14.2. The van der Waals surface area contributed by atoms with Gasteiger partial charge in [-0.3, -0.25) is 9.69 Å². The fourth-order valence-corrected chi connectivity index (χ4v) is 1.77. The molecule has 0 spiro atoms. The summed E-state index contributed by atoms with van der Waals surface area (Å²) in [6.07, 6.45) is 0.967. The van der Waals surface area contributed by atoms with Crippen LogP contribution in [0.5, 0.6) is 0 Å². The standard InChI is InChI=1S/C14H18N2O2/c1-3-7-16(11-14(17)18-2)10-13-6-4-5-12(8-13)9-15/h4-6,8H,3,7,10-11H2,1-2H3. The monoisotopic (exact) mass is 246 g/mol. The second-order valence-corrected chi connectivity index (χ2v) is 4.10. The van der Waals surface area contributed by atoms with Gasteiger partial charge in [0, 0.05) is 6.54 Å². The Hall–Kier alpha value is -1.86. The Balaban J connectivity index is 2.70. The van der Waals surface area contributed by atoms with Gasteiger partial charge in [-0.25, -0.2) is 0 Å². The Bertz CT molecular complexity index is 438. The van der Waals surface area contributed by atoms with Crippen molar-refractivity contribution in [3.05, 3.63) is 35.4 Å². The number of ether oxygens (including phenoxy) is 1. The average Bonchev–Trinajstić information content (AvgIpc) is 2.39. The van der Waals surface area contributed by atoms with Crippen molar-refractivity contribution >= 4 is 5.97 Å². The van der Waals surface area contributed by atoms with Crippen molar-refractivity contribution in [1.82, 2.24) is 4.90 Å². The maximum absolute atomic E-state index is 11.3. The fraction of sp³-hybridized carbons (Fsp3) is 0.429. The molecule has 0 saturated carbocycles. The van der Waals surface area contributed by atoms with Gasteiger partial charge in [-0.2, -0.15) is 5.26 Å². The number of benzene rings is 1. The molecule has 0 aliphatic carbocycles. The highest BCUT2D eigenvalue weighted by Gasteiger charge is 2.10. The van der Waals surface area contributed by atoms with Crippen molar-refractivity contribution in [3.8, 4) is 6.07 Å². The number of nitrogens with zero attached hydrogens (tertiary/aromatic N) is 2. The molecule has 0 saturated heterocycles. The molecule has 1 aromatic carbocycles. The van der Waals surface area contributed by atoms with E-state index >= 15 is 0 Å². The van der Waals surface area contributed by atoms with Gasteiger partial charge in [0.1, 0.15) is 0 Å². The lowest BCUT2D eigenvalue weighted by Crippen LogP contribution is -2.30. The summed E-state index contributed by atoms with van der Waals surface area (Å²) in [5.41, 5.74) is 1.67. The minimum atomic E-state index is -0.236. The quantitative estimate of drug-likeness (QED) is 0.720. The lowest BCUT2D eigenvalue weighted by molar-refractivity contribution is -0.142. The third-order valence-electron chi connectivity index (χ3n) is 2.58. The Kier molecular flexibility index (Phi) is 5.89. The van der Waals surface area contributed by atoms with Crippen LogP contribution in [0.25, 0.3) is 0 Å². The predicted molar refractivity (Wildman–Crippen MR) is 68.7 cm³/mol. The van der Waals surface area contributed by atoms with Crippen LogP contribution in [0.15, 0.2) is 24.3 Å². The molecule has 0 atom stereocenters. The summed E-state index contributed by atoms with van der Waals surface area (Å²) in [4.78, 5) is 13.3. The van der Waals surface area contributed by atoms with Crippen LogP contribution in [-0.4, -0.2) is 31.1 Å². The maximum atomic E-state index is 11.3. The molecule has 4 heteroatoms. The molecule has 0 heterocycles. The molecule has 96 valence electrons. The van der Waals surface area contributed by atoms with Crippen LogP contribution in [0, 0.1) is 11.3 Å². The summed E-state index contributed by atoms with van der Waals surface area (Å²) in [7, 11) is 1.39. The number of hydrogen-bond acceptors (Lipinski definition) is 4. The van der Waals surface area contributed by atoms with Crippen molar-refractivity contribution in [3.63, 3.8) is 0 Å². The highest BCUT2D eigenvalue weighted by atomic mass is 16.5. The van der Waals surface area contributed by atoms with Crippen molar-refractivity contribution in [2.24, 2.45) is 0 Å². The van der Waals surface area contributed by atoms with E-state index in [4.69, 9.17) is 5.26 Å². The van der Waals surface area contributed by atoms with Crippen LogP contribution in [-0.2, 0) is 16.1 Å². The van der Waals surface area contributed by atoms with Crippen molar-refractivity contribution < 1.29 is 9.53 Å². The summed E-state index contributed by atoms with van der Waals surface area (Å²) in [6.45, 7) is 3.82. The van der Waals surface area contributed by atoms with Gasteiger partial charge >= 0.3 is 5.97 Å². The maximum Gasteiger partial charge on any atom is 0.319 e. The van der Waals surface area contributed by atoms with Crippen LogP contribution in [0.3, 0.4) is 0 Å². The van der Waals surface area contributed by atoms with E-state index in [1.807, 2.05) is 23.1 Å². The molecular formula is C14H18N2O2. The summed E-state index contributed by atoms with van der Waals surface area (Å²) >= 11 is 0. The van der Waals surface area contributed by atoms with E-state index in [-0.39, 0.29) is 12.5 Å². The van der Waals surface area contributed by atoms with Gasteiger partial charge in [0.25, 0.3) is 0 Å². The number of carbonyl (C=O) groups is 1. The zero-order chi connectivity index (χ0) is 13.4. The number of carbonyl (C=O) groups excluding carboxylic acids is 1. The number of hydrogen-bond donors (Lipinski definition) is 0. The molecule has 1 rings (SSSR count). The van der Waals surface area contributed by atoms with Crippen LogP contribution in [0.4, 0.5) is 0 Å². The second-order valence-electron chi connectivity index (χ2n) is 4.10. The number of methoxy groups -OCH3 is 1. The minimum absolute atomic E-state index is 0.236. The molecule has 0 amide bonds. The van der Waals surface area contributed by atoms with E-state index in [0.29, 0.717) is 12.1 Å². The fourth-order valence-electron chi connectivity index (χ4n) is 1.77. The Morgan fingerprint density at radius 3 is 2.89 bits per heavy atom. The molecule has 18 heavy (non-hydrogen) atoms. The molecule has 0 fully saturated rings. The Morgan fingerprint density at radius 2 is 2.28 bits per heavy atom. The molecule has 0 aromatic heterocycles. The topological polar surface area (TPSA) is 53.3 Å². The summed E-state index contributed by atoms with van der Waals surface area (Å²) in [6, 6.07) is 9.55. The highest BCUT2D eigenvalue weighted by molar-refractivity contribution is 5.71. The molecule has 0 unspecified atom stereocenters. The first-order valence-electron chi connectivity index (χ1n) is 5.97. The molecule has 4 nitrogen and oxygen atoms in total. The first-order chi connectivity index (χ1) is 8.69. The molecule has 0 radical (unpaired) electrons. The average molecular weight is 246 g/mol. The molecular weight excluding hydrogens is 228 g/mol. The van der Waals surface area contributed by atoms with Gasteiger partial charge in [-0.1, -0.05) is 19.1 Å². The van der Waals surface area contributed by atoms with Gasteiger partial charge in [0.05, 0.1) is 25.3 Å². The number of rotatable bonds is 6. The van der Waals surface area contributed by atoms with Gasteiger partial charge < -0.3 is 4.74 Å². The summed E-state index contributed by atoms with van der Waals surface area (Å²) in [5.74, 6) is -0.236. The zero-order valence-electron chi connectivity index (χ0n) is 10.8. The molecule has 0 bridgehead atoms. The smallest absolute Gasteiger partial charge is 0.319 e. The Labute approximate surface area is 108 Å². The highest BCUT2D eigenvalue weighted by Crippen LogP contribution is 2.08. The zero-order valence-corrected chi connectivity index (χ0v) is 10.8. The molecule has 1 aromatic rings. The minimum Gasteiger partial charge on any atom is -0.468 e. The van der Waals surface area contributed by atoms with Gasteiger partial charge in [-0.05, 0) is 30.7 Å². The lowest BCUT2D eigenvalue weighted by Gasteiger charge is -2.20. The van der Waals surface area contributed by atoms with E-state index in [0.717, 1.165) is 18.5 Å². The summed E-state index contributed by atoms with van der Waals surface area (Å²) in [5, 5.41) is 8.85. The Morgan fingerprint density at radius 1 is 1.50 bits per heavy atom. The van der Waals surface area contributed by atoms with Crippen LogP contribution < -0.4 is 0 Å². The van der Waals surface area contributed by atoms with Crippen LogP contribution in [0.1, 0.15) is 24.5 Å². The van der Waals surface area contributed by atoms with Crippen molar-refractivity contribution in [2.45, 2.75) is 19.9 Å². The first-order valence-corrected chi connectivity index (χ1v) is 5.97. The predicted octanol–water partition coefficient (Wildman–Crippen LogP) is 1.94. The molecule has 0 aliphatic rings. The van der Waals surface area contributed by atoms with E-state index < -0.39 is 0 Å². The van der Waals surface area contributed by atoms with Crippen LogP contribution >= 0.6 is 0 Å². The van der Waals surface area contributed by atoms with Gasteiger partial charge in [0.15, 0.2) is 0 Å². The molecule has 0 N–H and O–H groups in total. The van der Waals surface area contributed by atoms with E-state index in [1.54, 1.807) is 6.07 Å². The van der Waals surface area contributed by atoms with Crippen molar-refractivity contribution in [1.29, 1.82) is 5.26 Å². The van der Waals surface area contributed by atoms with E-state index in [1.165, 1.54) is 7.11 Å². The molecule has 0 aliphatic heterocycles. The number of nitriles is 1. The van der Waals surface area contributed by atoms with Gasteiger partial charge in [0.2, 0.25) is 0 Å². The summed E-state index contributed by atoms with van der Waals surface area (Å²) < 4.78 is 4.68. The van der Waals surface area contributed by atoms with Crippen molar-refractivity contribution in [2.75, 3.05) is 20.2 Å². The normalized spacial score (nSPS) is 10.1. The lowest BCUT2D eigenvalue weighted by atomic mass is 10.1. The third kappa shape index (κ3) is 4.56. The second kappa shape index (κ2) is 7.46. The largest absolute Gasteiger partial charge is 0.468 e.